The maximum atomic E-state index is 10.0. The molecule has 0 bridgehead atoms. The quantitative estimate of drug-likeness (QED) is 0.640. The predicted octanol–water partition coefficient (Wildman–Crippen LogP) is 4.08. The van der Waals surface area contributed by atoms with Crippen molar-refractivity contribution >= 4 is 19.9 Å². The number of rotatable bonds is 9. The first kappa shape index (κ1) is 21.4. The van der Waals surface area contributed by atoms with Gasteiger partial charge in [0.25, 0.3) is 0 Å². The Bertz CT molecular complexity index is 505. The molecule has 0 amide bonds. The van der Waals surface area contributed by atoms with Crippen molar-refractivity contribution in [2.24, 2.45) is 0 Å². The van der Waals surface area contributed by atoms with E-state index >= 15 is 0 Å². The molecule has 0 heterocycles. The Morgan fingerprint density at radius 1 is 1.25 bits per heavy atom. The highest BCUT2D eigenvalue weighted by Gasteiger charge is 2.37. The molecule has 0 radical (unpaired) electrons. The summed E-state index contributed by atoms with van der Waals surface area (Å²) in [6, 6.07) is 7.35. The monoisotopic (exact) mass is 373 g/mol. The van der Waals surface area contributed by atoms with Crippen LogP contribution < -0.4 is 10.1 Å². The molecule has 0 aliphatic carbocycles. The van der Waals surface area contributed by atoms with E-state index in [-0.39, 0.29) is 17.7 Å². The molecule has 24 heavy (non-hydrogen) atoms. The van der Waals surface area contributed by atoms with Crippen LogP contribution in [0.25, 0.3) is 0 Å². The van der Waals surface area contributed by atoms with Gasteiger partial charge in [0, 0.05) is 24.2 Å². The largest absolute Gasteiger partial charge is 0.491 e. The van der Waals surface area contributed by atoms with Crippen LogP contribution in [-0.2, 0) is 4.43 Å². The lowest BCUT2D eigenvalue weighted by atomic mass is 10.2. The van der Waals surface area contributed by atoms with Crippen molar-refractivity contribution in [2.45, 2.75) is 58.0 Å². The van der Waals surface area contributed by atoms with Crippen molar-refractivity contribution in [3.63, 3.8) is 0 Å². The minimum absolute atomic E-state index is 0.181. The molecule has 1 rings (SSSR count). The van der Waals surface area contributed by atoms with Crippen LogP contribution in [0.2, 0.25) is 23.2 Å². The van der Waals surface area contributed by atoms with Crippen LogP contribution in [-0.4, -0.2) is 45.3 Å². The smallest absolute Gasteiger partial charge is 0.192 e. The Morgan fingerprint density at radius 2 is 1.92 bits per heavy atom. The first-order valence-corrected chi connectivity index (χ1v) is 11.7. The van der Waals surface area contributed by atoms with Crippen LogP contribution in [0.4, 0.5) is 0 Å². The fraction of sp³-hybridized carbons (Fsp3) is 0.667. The van der Waals surface area contributed by atoms with Gasteiger partial charge in [0.15, 0.2) is 8.32 Å². The molecule has 0 spiro atoms. The van der Waals surface area contributed by atoms with Crippen LogP contribution in [0.3, 0.4) is 0 Å². The molecule has 0 aromatic heterocycles. The summed E-state index contributed by atoms with van der Waals surface area (Å²) in [5, 5.41) is 14.2. The lowest BCUT2D eigenvalue weighted by Crippen LogP contribution is -2.45. The summed E-state index contributed by atoms with van der Waals surface area (Å²) in [5.74, 6) is 0.663. The lowest BCUT2D eigenvalue weighted by Gasteiger charge is -2.37. The summed E-state index contributed by atoms with van der Waals surface area (Å²) in [5.41, 5.74) is 0. The zero-order valence-electron chi connectivity index (χ0n) is 15.7. The molecule has 0 aliphatic heterocycles. The Kier molecular flexibility index (Phi) is 8.22. The number of aliphatic hydroxyl groups is 1. The summed E-state index contributed by atoms with van der Waals surface area (Å²) in [7, 11) is -1.73. The Balaban J connectivity index is 2.27. The normalized spacial score (nSPS) is 15.2. The van der Waals surface area contributed by atoms with Crippen molar-refractivity contribution < 1.29 is 14.3 Å². The van der Waals surface area contributed by atoms with Crippen molar-refractivity contribution in [2.75, 3.05) is 19.8 Å². The van der Waals surface area contributed by atoms with Crippen molar-refractivity contribution in [1.29, 1.82) is 0 Å². The minimum Gasteiger partial charge on any atom is -0.491 e. The third-order valence-electron chi connectivity index (χ3n) is 4.44. The van der Waals surface area contributed by atoms with Crippen LogP contribution in [0, 0.1) is 0 Å². The predicted molar refractivity (Wildman–Crippen MR) is 104 cm³/mol. The van der Waals surface area contributed by atoms with E-state index in [4.69, 9.17) is 20.8 Å². The first-order chi connectivity index (χ1) is 11.0. The third kappa shape index (κ3) is 7.53. The number of nitrogens with one attached hydrogen (secondary N) is 1. The number of hydrogen-bond acceptors (Lipinski definition) is 4. The molecule has 0 saturated heterocycles. The highest BCUT2D eigenvalue weighted by atomic mass is 35.5. The summed E-state index contributed by atoms with van der Waals surface area (Å²) in [6.07, 6.45) is -0.584. The van der Waals surface area contributed by atoms with Crippen molar-refractivity contribution in [3.8, 4) is 5.75 Å². The summed E-state index contributed by atoms with van der Waals surface area (Å²) < 4.78 is 11.7. The van der Waals surface area contributed by atoms with E-state index < -0.39 is 14.4 Å². The zero-order chi connectivity index (χ0) is 18.4. The third-order valence-corrected chi connectivity index (χ3v) is 9.18. The molecule has 1 unspecified atom stereocenters. The molecule has 0 fully saturated rings. The van der Waals surface area contributed by atoms with Gasteiger partial charge in [-0.15, -0.1) is 0 Å². The van der Waals surface area contributed by atoms with Gasteiger partial charge in [0.2, 0.25) is 0 Å². The molecule has 0 saturated carbocycles. The van der Waals surface area contributed by atoms with E-state index in [9.17, 15) is 5.11 Å². The molecule has 4 nitrogen and oxygen atoms in total. The zero-order valence-corrected chi connectivity index (χ0v) is 17.5. The SMILES string of the molecule is CC(CO[Si](C)(C)C(C)(C)C)NC[C@@H](O)COc1cccc(Cl)c1. The van der Waals surface area contributed by atoms with Crippen LogP contribution >= 0.6 is 11.6 Å². The first-order valence-electron chi connectivity index (χ1n) is 8.45. The molecule has 1 aromatic rings. The molecule has 2 N–H and O–H groups in total. The number of hydrogen-bond donors (Lipinski definition) is 2. The van der Waals surface area contributed by atoms with Crippen LogP contribution in [0.1, 0.15) is 27.7 Å². The van der Waals surface area contributed by atoms with E-state index in [1.165, 1.54) is 0 Å². The molecule has 138 valence electrons. The second-order valence-corrected chi connectivity index (χ2v) is 13.0. The van der Waals surface area contributed by atoms with Gasteiger partial charge >= 0.3 is 0 Å². The van der Waals surface area contributed by atoms with E-state index in [0.29, 0.717) is 23.9 Å². The van der Waals surface area contributed by atoms with Crippen LogP contribution in [0.15, 0.2) is 24.3 Å². The van der Waals surface area contributed by atoms with E-state index in [2.05, 4.69) is 46.1 Å². The Hall–Kier alpha value is -0.593. The topological polar surface area (TPSA) is 50.7 Å². The second-order valence-electron chi connectivity index (χ2n) is 7.80. The van der Waals surface area contributed by atoms with Gasteiger partial charge in [0.1, 0.15) is 18.5 Å². The van der Waals surface area contributed by atoms with Crippen LogP contribution in [0.5, 0.6) is 5.75 Å². The average Bonchev–Trinajstić information content (AvgIpc) is 2.48. The molecule has 2 atom stereocenters. The molecule has 1 aromatic carbocycles. The molecular weight excluding hydrogens is 342 g/mol. The maximum absolute atomic E-state index is 10.0. The molecule has 6 heteroatoms. The van der Waals surface area contributed by atoms with Gasteiger partial charge in [-0.2, -0.15) is 0 Å². The maximum Gasteiger partial charge on any atom is 0.192 e. The fourth-order valence-electron chi connectivity index (χ4n) is 1.75. The Morgan fingerprint density at radius 3 is 2.50 bits per heavy atom. The van der Waals surface area contributed by atoms with Gasteiger partial charge in [-0.1, -0.05) is 38.4 Å². The lowest BCUT2D eigenvalue weighted by molar-refractivity contribution is 0.101. The van der Waals surface area contributed by atoms with Gasteiger partial charge in [-0.25, -0.2) is 0 Å². The Labute approximate surface area is 152 Å². The highest BCUT2D eigenvalue weighted by Crippen LogP contribution is 2.36. The minimum atomic E-state index is -1.73. The van der Waals surface area contributed by atoms with Gasteiger partial charge in [-0.3, -0.25) is 0 Å². The van der Waals surface area contributed by atoms with E-state index in [1.807, 2.05) is 12.1 Å². The molecular formula is C18H32ClNO3Si. The van der Waals surface area contributed by atoms with E-state index in [0.717, 1.165) is 0 Å². The van der Waals surface area contributed by atoms with Crippen molar-refractivity contribution in [3.05, 3.63) is 29.3 Å². The van der Waals surface area contributed by atoms with Gasteiger partial charge < -0.3 is 19.6 Å². The average molecular weight is 374 g/mol. The number of benzene rings is 1. The van der Waals surface area contributed by atoms with Gasteiger partial charge in [0.05, 0.1) is 0 Å². The summed E-state index contributed by atoms with van der Waals surface area (Å²) in [6.45, 7) is 14.6. The second kappa shape index (κ2) is 9.20. The highest BCUT2D eigenvalue weighted by molar-refractivity contribution is 6.74. The standard InChI is InChI=1S/C18H32ClNO3Si/c1-14(12-23-24(5,6)18(2,3)4)20-11-16(21)13-22-17-9-7-8-15(19)10-17/h7-10,14,16,20-21H,11-13H2,1-6H3/t14?,16-/m1/s1. The molecule has 0 aliphatic rings. The summed E-state index contributed by atoms with van der Waals surface area (Å²) in [4.78, 5) is 0. The van der Waals surface area contributed by atoms with Crippen molar-refractivity contribution in [1.82, 2.24) is 5.32 Å². The number of ether oxygens (including phenoxy) is 1. The summed E-state index contributed by atoms with van der Waals surface area (Å²) >= 11 is 5.90. The number of halogens is 1. The van der Waals surface area contributed by atoms with Gasteiger partial charge in [-0.05, 0) is 43.3 Å². The number of aliphatic hydroxyl groups excluding tert-OH is 1. The fourth-order valence-corrected chi connectivity index (χ4v) is 3.03. The van der Waals surface area contributed by atoms with E-state index in [1.54, 1.807) is 12.1 Å².